The van der Waals surface area contributed by atoms with Crippen LogP contribution in [0.3, 0.4) is 0 Å². The summed E-state index contributed by atoms with van der Waals surface area (Å²) in [6.07, 6.45) is 1.88. The van der Waals surface area contributed by atoms with E-state index in [9.17, 15) is 4.79 Å². The number of carbonyl (C=O) groups is 1. The van der Waals surface area contributed by atoms with Gasteiger partial charge >= 0.3 is 0 Å². The largest absolute Gasteiger partial charge is 0.291 e. The standard InChI is InChI=1S/C9H10N2O/c1-3-4-5-9(12)8-6-7-10-11(8)2/h6-7H,5H2,1-2H3. The van der Waals surface area contributed by atoms with Crippen LogP contribution in [-0.4, -0.2) is 15.6 Å². The number of rotatable bonds is 2. The van der Waals surface area contributed by atoms with Gasteiger partial charge in [-0.05, 0) is 13.0 Å². The van der Waals surface area contributed by atoms with Crippen LogP contribution in [-0.2, 0) is 7.05 Å². The van der Waals surface area contributed by atoms with Gasteiger partial charge < -0.3 is 0 Å². The zero-order valence-electron chi connectivity index (χ0n) is 7.16. The summed E-state index contributed by atoms with van der Waals surface area (Å²) in [6, 6.07) is 1.69. The van der Waals surface area contributed by atoms with E-state index in [1.54, 1.807) is 30.9 Å². The normalized spacial score (nSPS) is 8.83. The van der Waals surface area contributed by atoms with E-state index in [4.69, 9.17) is 0 Å². The molecule has 12 heavy (non-hydrogen) atoms. The van der Waals surface area contributed by atoms with Gasteiger partial charge in [0.2, 0.25) is 0 Å². The van der Waals surface area contributed by atoms with Crippen molar-refractivity contribution in [1.82, 2.24) is 9.78 Å². The summed E-state index contributed by atoms with van der Waals surface area (Å²) >= 11 is 0. The van der Waals surface area contributed by atoms with Crippen LogP contribution < -0.4 is 0 Å². The van der Waals surface area contributed by atoms with Gasteiger partial charge in [-0.25, -0.2) is 0 Å². The number of nitrogens with zero attached hydrogens (tertiary/aromatic N) is 2. The van der Waals surface area contributed by atoms with Crippen molar-refractivity contribution in [3.05, 3.63) is 18.0 Å². The molecule has 0 fully saturated rings. The first kappa shape index (κ1) is 8.54. The molecule has 1 heterocycles. The fourth-order valence-corrected chi connectivity index (χ4v) is 0.907. The molecule has 3 nitrogen and oxygen atoms in total. The molecule has 0 aliphatic carbocycles. The van der Waals surface area contributed by atoms with Gasteiger partial charge in [-0.15, -0.1) is 5.92 Å². The van der Waals surface area contributed by atoms with Crippen molar-refractivity contribution >= 4 is 5.78 Å². The van der Waals surface area contributed by atoms with E-state index in [0.29, 0.717) is 5.69 Å². The summed E-state index contributed by atoms with van der Waals surface area (Å²) in [4.78, 5) is 11.3. The van der Waals surface area contributed by atoms with E-state index in [1.807, 2.05) is 0 Å². The van der Waals surface area contributed by atoms with E-state index >= 15 is 0 Å². The molecular weight excluding hydrogens is 152 g/mol. The van der Waals surface area contributed by atoms with E-state index in [2.05, 4.69) is 16.9 Å². The average Bonchev–Trinajstić information content (AvgIpc) is 2.47. The lowest BCUT2D eigenvalue weighted by molar-refractivity contribution is 0.0989. The molecule has 0 spiro atoms. The molecule has 0 atom stereocenters. The highest BCUT2D eigenvalue weighted by molar-refractivity contribution is 5.95. The molecule has 0 unspecified atom stereocenters. The van der Waals surface area contributed by atoms with E-state index < -0.39 is 0 Å². The number of hydrogen-bond acceptors (Lipinski definition) is 2. The minimum atomic E-state index is 0.0179. The Labute approximate surface area is 71.4 Å². The third-order valence-corrected chi connectivity index (χ3v) is 1.53. The Kier molecular flexibility index (Phi) is 2.65. The van der Waals surface area contributed by atoms with Gasteiger partial charge in [-0.3, -0.25) is 9.48 Å². The monoisotopic (exact) mass is 162 g/mol. The molecule has 0 radical (unpaired) electrons. The highest BCUT2D eigenvalue weighted by atomic mass is 16.1. The van der Waals surface area contributed by atoms with E-state index in [0.717, 1.165) is 0 Å². The molecule has 1 aromatic rings. The lowest BCUT2D eigenvalue weighted by Gasteiger charge is -1.95. The summed E-state index contributed by atoms with van der Waals surface area (Å²) < 4.78 is 1.56. The van der Waals surface area contributed by atoms with Gasteiger partial charge in [0.15, 0.2) is 5.78 Å². The number of aryl methyl sites for hydroxylation is 1. The van der Waals surface area contributed by atoms with Gasteiger partial charge in [0.25, 0.3) is 0 Å². The van der Waals surface area contributed by atoms with Crippen molar-refractivity contribution in [2.75, 3.05) is 0 Å². The van der Waals surface area contributed by atoms with Crippen molar-refractivity contribution in [1.29, 1.82) is 0 Å². The molecule has 0 amide bonds. The molecule has 3 heteroatoms. The zero-order valence-corrected chi connectivity index (χ0v) is 7.16. The summed E-state index contributed by atoms with van der Waals surface area (Å²) in [7, 11) is 1.74. The quantitative estimate of drug-likeness (QED) is 0.480. The predicted molar refractivity (Wildman–Crippen MR) is 45.6 cm³/mol. The van der Waals surface area contributed by atoms with Crippen molar-refractivity contribution in [3.63, 3.8) is 0 Å². The smallest absolute Gasteiger partial charge is 0.192 e. The van der Waals surface area contributed by atoms with Crippen LogP contribution in [0.2, 0.25) is 0 Å². The molecule has 0 aliphatic rings. The summed E-state index contributed by atoms with van der Waals surface area (Å²) in [6.45, 7) is 1.72. The van der Waals surface area contributed by atoms with Crippen molar-refractivity contribution in [2.24, 2.45) is 7.05 Å². The Morgan fingerprint density at radius 2 is 2.50 bits per heavy atom. The zero-order chi connectivity index (χ0) is 8.97. The number of Topliss-reactive ketones (excluding diaryl/α,β-unsaturated/α-hetero) is 1. The third-order valence-electron chi connectivity index (χ3n) is 1.53. The number of carbonyl (C=O) groups excluding carboxylic acids is 1. The van der Waals surface area contributed by atoms with Crippen LogP contribution in [0.4, 0.5) is 0 Å². The number of hydrogen-bond donors (Lipinski definition) is 0. The first-order valence-electron chi connectivity index (χ1n) is 3.66. The van der Waals surface area contributed by atoms with Crippen LogP contribution in [0.5, 0.6) is 0 Å². The van der Waals surface area contributed by atoms with Gasteiger partial charge in [0.1, 0.15) is 5.69 Å². The second-order valence-electron chi connectivity index (χ2n) is 2.37. The van der Waals surface area contributed by atoms with Crippen LogP contribution in [0.15, 0.2) is 12.3 Å². The first-order valence-corrected chi connectivity index (χ1v) is 3.66. The van der Waals surface area contributed by atoms with Gasteiger partial charge in [0.05, 0.1) is 6.42 Å². The van der Waals surface area contributed by atoms with E-state index in [-0.39, 0.29) is 12.2 Å². The molecule has 0 aromatic carbocycles. The molecule has 0 N–H and O–H groups in total. The maximum Gasteiger partial charge on any atom is 0.192 e. The van der Waals surface area contributed by atoms with Crippen molar-refractivity contribution < 1.29 is 4.79 Å². The lowest BCUT2D eigenvalue weighted by atomic mass is 10.2. The lowest BCUT2D eigenvalue weighted by Crippen LogP contribution is -2.05. The molecule has 0 saturated heterocycles. The maximum atomic E-state index is 11.3. The molecule has 1 rings (SSSR count). The Hall–Kier alpha value is -1.56. The third kappa shape index (κ3) is 1.73. The first-order chi connectivity index (χ1) is 5.75. The van der Waals surface area contributed by atoms with Crippen LogP contribution in [0, 0.1) is 11.8 Å². The summed E-state index contributed by atoms with van der Waals surface area (Å²) in [5.74, 6) is 5.42. The van der Waals surface area contributed by atoms with Crippen molar-refractivity contribution in [2.45, 2.75) is 13.3 Å². The van der Waals surface area contributed by atoms with Gasteiger partial charge in [-0.2, -0.15) is 5.10 Å². The Morgan fingerprint density at radius 3 is 3.00 bits per heavy atom. The minimum Gasteiger partial charge on any atom is -0.291 e. The second kappa shape index (κ2) is 3.72. The molecule has 0 bridgehead atoms. The van der Waals surface area contributed by atoms with Crippen LogP contribution >= 0.6 is 0 Å². The second-order valence-corrected chi connectivity index (χ2v) is 2.37. The Morgan fingerprint density at radius 1 is 1.75 bits per heavy atom. The predicted octanol–water partition coefficient (Wildman–Crippen LogP) is 1.02. The van der Waals surface area contributed by atoms with E-state index in [1.165, 1.54) is 0 Å². The molecule has 0 aliphatic heterocycles. The van der Waals surface area contributed by atoms with Gasteiger partial charge in [0, 0.05) is 13.2 Å². The minimum absolute atomic E-state index is 0.0179. The summed E-state index contributed by atoms with van der Waals surface area (Å²) in [5.41, 5.74) is 0.609. The SMILES string of the molecule is CC#CCC(=O)c1ccnn1C. The number of ketones is 1. The molecule has 1 aromatic heterocycles. The van der Waals surface area contributed by atoms with Crippen molar-refractivity contribution in [3.8, 4) is 11.8 Å². The van der Waals surface area contributed by atoms with Crippen LogP contribution in [0.1, 0.15) is 23.8 Å². The maximum absolute atomic E-state index is 11.3. The highest BCUT2D eigenvalue weighted by Gasteiger charge is 2.06. The molecule has 62 valence electrons. The molecule has 0 saturated carbocycles. The molecular formula is C9H10N2O. The van der Waals surface area contributed by atoms with Gasteiger partial charge in [-0.1, -0.05) is 5.92 Å². The fourth-order valence-electron chi connectivity index (χ4n) is 0.907. The topological polar surface area (TPSA) is 34.9 Å². The Balaban J connectivity index is 2.76. The Bertz CT molecular complexity index is 341. The fraction of sp³-hybridized carbons (Fsp3) is 0.333. The summed E-state index contributed by atoms with van der Waals surface area (Å²) in [5, 5.41) is 3.89. The highest BCUT2D eigenvalue weighted by Crippen LogP contribution is 1.99. The van der Waals surface area contributed by atoms with Crippen LogP contribution in [0.25, 0.3) is 0 Å². The average molecular weight is 162 g/mol. The number of aromatic nitrogens is 2.